The van der Waals surface area contributed by atoms with Gasteiger partial charge >= 0.3 is 6.61 Å². The molecule has 0 saturated carbocycles. The first-order chi connectivity index (χ1) is 13.0. The molecule has 0 aliphatic heterocycles. The average Bonchev–Trinajstić information content (AvgIpc) is 2.67. The number of rotatable bonds is 10. The molecule has 2 aromatic rings. The molecule has 0 saturated heterocycles. The van der Waals surface area contributed by atoms with Crippen LogP contribution < -0.4 is 14.2 Å². The van der Waals surface area contributed by atoms with Crippen LogP contribution in [0.15, 0.2) is 48.5 Å². The van der Waals surface area contributed by atoms with E-state index in [0.717, 1.165) is 0 Å². The first kappa shape index (κ1) is 20.4. The van der Waals surface area contributed by atoms with E-state index in [2.05, 4.69) is 4.74 Å². The second-order valence-corrected chi connectivity index (χ2v) is 5.32. The van der Waals surface area contributed by atoms with Gasteiger partial charge in [-0.05, 0) is 42.5 Å². The Bertz CT molecular complexity index is 772. The Morgan fingerprint density at radius 3 is 2.44 bits per heavy atom. The van der Waals surface area contributed by atoms with Crippen molar-refractivity contribution in [2.24, 2.45) is 0 Å². The molecule has 27 heavy (non-hydrogen) atoms. The van der Waals surface area contributed by atoms with E-state index < -0.39 is 6.61 Å². The van der Waals surface area contributed by atoms with Crippen molar-refractivity contribution in [2.75, 3.05) is 27.4 Å². The summed E-state index contributed by atoms with van der Waals surface area (Å²) in [6.45, 7) is -2.13. The molecular formula is C20H20F2O5. The van der Waals surface area contributed by atoms with E-state index in [4.69, 9.17) is 14.2 Å². The molecule has 0 atom stereocenters. The Morgan fingerprint density at radius 2 is 1.81 bits per heavy atom. The highest BCUT2D eigenvalue weighted by molar-refractivity contribution is 6.07. The summed E-state index contributed by atoms with van der Waals surface area (Å²) in [4.78, 5) is 12.3. The average molecular weight is 378 g/mol. The number of benzene rings is 2. The maximum atomic E-state index is 12.6. The van der Waals surface area contributed by atoms with Crippen LogP contribution in [0.3, 0.4) is 0 Å². The van der Waals surface area contributed by atoms with Gasteiger partial charge in [0.2, 0.25) is 0 Å². The standard InChI is InChI=1S/C20H20F2O5/c1-24-12-13-26-16-9-6-14(7-10-16)17(23)11-8-15-4-3-5-18(25-2)19(15)27-20(21)22/h3-11,20H,12-13H2,1-2H3. The molecule has 0 radical (unpaired) electrons. The van der Waals surface area contributed by atoms with Gasteiger partial charge in [0.15, 0.2) is 17.3 Å². The van der Waals surface area contributed by atoms with E-state index in [0.29, 0.717) is 30.1 Å². The summed E-state index contributed by atoms with van der Waals surface area (Å²) >= 11 is 0. The molecule has 0 heterocycles. The van der Waals surface area contributed by atoms with Crippen molar-refractivity contribution in [1.29, 1.82) is 0 Å². The van der Waals surface area contributed by atoms with E-state index >= 15 is 0 Å². The molecule has 7 heteroatoms. The summed E-state index contributed by atoms with van der Waals surface area (Å²) in [6.07, 6.45) is 2.69. The van der Waals surface area contributed by atoms with Crippen molar-refractivity contribution >= 4 is 11.9 Å². The normalized spacial score (nSPS) is 11.0. The van der Waals surface area contributed by atoms with E-state index in [1.165, 1.54) is 25.3 Å². The zero-order valence-electron chi connectivity index (χ0n) is 15.0. The van der Waals surface area contributed by atoms with Crippen molar-refractivity contribution in [3.8, 4) is 17.2 Å². The second kappa shape index (κ2) is 10.3. The van der Waals surface area contributed by atoms with Gasteiger partial charge in [0, 0.05) is 18.2 Å². The summed E-state index contributed by atoms with van der Waals surface area (Å²) in [5.41, 5.74) is 0.743. The van der Waals surface area contributed by atoms with Gasteiger partial charge in [-0.25, -0.2) is 0 Å². The van der Waals surface area contributed by atoms with E-state index in [-0.39, 0.29) is 17.3 Å². The predicted octanol–water partition coefficient (Wildman–Crippen LogP) is 4.22. The van der Waals surface area contributed by atoms with Gasteiger partial charge in [-0.2, -0.15) is 8.78 Å². The third kappa shape index (κ3) is 6.07. The lowest BCUT2D eigenvalue weighted by molar-refractivity contribution is -0.0513. The van der Waals surface area contributed by atoms with Gasteiger partial charge in [-0.3, -0.25) is 4.79 Å². The van der Waals surface area contributed by atoms with Crippen LogP contribution in [0, 0.1) is 0 Å². The minimum atomic E-state index is -3.00. The van der Waals surface area contributed by atoms with Crippen LogP contribution in [0.25, 0.3) is 6.08 Å². The smallest absolute Gasteiger partial charge is 0.387 e. The van der Waals surface area contributed by atoms with Crippen LogP contribution in [0.5, 0.6) is 17.2 Å². The van der Waals surface area contributed by atoms with Crippen LogP contribution in [-0.4, -0.2) is 39.8 Å². The van der Waals surface area contributed by atoms with Crippen LogP contribution in [0.2, 0.25) is 0 Å². The molecule has 0 aliphatic rings. The second-order valence-electron chi connectivity index (χ2n) is 5.32. The Balaban J connectivity index is 2.12. The lowest BCUT2D eigenvalue weighted by Gasteiger charge is -2.12. The van der Waals surface area contributed by atoms with E-state index in [1.54, 1.807) is 43.5 Å². The zero-order chi connectivity index (χ0) is 19.6. The van der Waals surface area contributed by atoms with Crippen LogP contribution in [0.4, 0.5) is 8.78 Å². The molecule has 0 aliphatic carbocycles. The Kier molecular flexibility index (Phi) is 7.76. The molecule has 0 N–H and O–H groups in total. The number of methoxy groups -OCH3 is 2. The number of hydrogen-bond donors (Lipinski definition) is 0. The van der Waals surface area contributed by atoms with Crippen molar-refractivity contribution in [1.82, 2.24) is 0 Å². The maximum absolute atomic E-state index is 12.6. The number of alkyl halides is 2. The van der Waals surface area contributed by atoms with E-state index in [1.807, 2.05) is 0 Å². The number of hydrogen-bond acceptors (Lipinski definition) is 5. The van der Waals surface area contributed by atoms with Crippen molar-refractivity contribution in [3.63, 3.8) is 0 Å². The van der Waals surface area contributed by atoms with Crippen LogP contribution in [-0.2, 0) is 4.74 Å². The topological polar surface area (TPSA) is 54.0 Å². The van der Waals surface area contributed by atoms with Gasteiger partial charge in [0.1, 0.15) is 12.4 Å². The Morgan fingerprint density at radius 1 is 1.07 bits per heavy atom. The van der Waals surface area contributed by atoms with Crippen molar-refractivity contribution in [3.05, 3.63) is 59.7 Å². The highest BCUT2D eigenvalue weighted by atomic mass is 19.3. The Labute approximate surface area is 156 Å². The largest absolute Gasteiger partial charge is 0.493 e. The monoisotopic (exact) mass is 378 g/mol. The summed E-state index contributed by atoms with van der Waals surface area (Å²) in [5.74, 6) is 0.362. The molecular weight excluding hydrogens is 358 g/mol. The molecule has 144 valence electrons. The highest BCUT2D eigenvalue weighted by Crippen LogP contribution is 2.33. The van der Waals surface area contributed by atoms with Gasteiger partial charge in [-0.15, -0.1) is 0 Å². The quantitative estimate of drug-likeness (QED) is 0.352. The fourth-order valence-corrected chi connectivity index (χ4v) is 2.26. The number of allylic oxidation sites excluding steroid dienone is 1. The third-order valence-corrected chi connectivity index (χ3v) is 3.55. The highest BCUT2D eigenvalue weighted by Gasteiger charge is 2.14. The fourth-order valence-electron chi connectivity index (χ4n) is 2.26. The fraction of sp³-hybridized carbons (Fsp3) is 0.250. The molecule has 2 rings (SSSR count). The number of carbonyl (C=O) groups excluding carboxylic acids is 1. The molecule has 0 amide bonds. The molecule has 0 aromatic heterocycles. The number of halogens is 2. The molecule has 5 nitrogen and oxygen atoms in total. The lowest BCUT2D eigenvalue weighted by atomic mass is 10.1. The third-order valence-electron chi connectivity index (χ3n) is 3.55. The van der Waals surface area contributed by atoms with Gasteiger partial charge < -0.3 is 18.9 Å². The lowest BCUT2D eigenvalue weighted by Crippen LogP contribution is -2.05. The maximum Gasteiger partial charge on any atom is 0.387 e. The van der Waals surface area contributed by atoms with Gasteiger partial charge in [0.25, 0.3) is 0 Å². The summed E-state index contributed by atoms with van der Waals surface area (Å²) in [5, 5.41) is 0. The molecule has 0 spiro atoms. The Hall–Kier alpha value is -2.93. The number of carbonyl (C=O) groups is 1. The first-order valence-electron chi connectivity index (χ1n) is 8.11. The zero-order valence-corrected chi connectivity index (χ0v) is 15.0. The SMILES string of the molecule is COCCOc1ccc(C(=O)C=Cc2cccc(OC)c2OC(F)F)cc1. The summed E-state index contributed by atoms with van der Waals surface area (Å²) < 4.78 is 45.2. The summed E-state index contributed by atoms with van der Waals surface area (Å²) in [7, 11) is 2.93. The number of ether oxygens (including phenoxy) is 4. The van der Waals surface area contributed by atoms with Crippen molar-refractivity contribution < 1.29 is 32.5 Å². The summed E-state index contributed by atoms with van der Waals surface area (Å²) in [6, 6.07) is 11.3. The van der Waals surface area contributed by atoms with Crippen LogP contribution >= 0.6 is 0 Å². The van der Waals surface area contributed by atoms with E-state index in [9.17, 15) is 13.6 Å². The molecule has 0 bridgehead atoms. The molecule has 2 aromatic carbocycles. The minimum Gasteiger partial charge on any atom is -0.493 e. The molecule has 0 unspecified atom stereocenters. The van der Waals surface area contributed by atoms with Gasteiger partial charge in [-0.1, -0.05) is 12.1 Å². The first-order valence-corrected chi connectivity index (χ1v) is 8.11. The number of para-hydroxylation sites is 1. The van der Waals surface area contributed by atoms with Crippen LogP contribution in [0.1, 0.15) is 15.9 Å². The minimum absolute atomic E-state index is 0.124. The molecule has 0 fully saturated rings. The van der Waals surface area contributed by atoms with Gasteiger partial charge in [0.05, 0.1) is 13.7 Å². The predicted molar refractivity (Wildman–Crippen MR) is 96.8 cm³/mol. The van der Waals surface area contributed by atoms with Crippen molar-refractivity contribution in [2.45, 2.75) is 6.61 Å². The number of ketones is 1.